The van der Waals surface area contributed by atoms with Crippen LogP contribution in [0.5, 0.6) is 0 Å². The van der Waals surface area contributed by atoms with E-state index in [1.807, 2.05) is 0 Å². The van der Waals surface area contributed by atoms with Gasteiger partial charge in [0.15, 0.2) is 0 Å². The summed E-state index contributed by atoms with van der Waals surface area (Å²) in [6, 6.07) is 8.43. The molecule has 1 fully saturated rings. The summed E-state index contributed by atoms with van der Waals surface area (Å²) in [6.45, 7) is 4.46. The van der Waals surface area contributed by atoms with Gasteiger partial charge in [-0.05, 0) is 43.2 Å². The lowest BCUT2D eigenvalue weighted by atomic mass is 9.81. The van der Waals surface area contributed by atoms with E-state index in [1.165, 1.54) is 36.1 Å². The summed E-state index contributed by atoms with van der Waals surface area (Å²) in [6.07, 6.45) is 4.85. The number of benzene rings is 1. The highest BCUT2D eigenvalue weighted by Crippen LogP contribution is 2.33. The summed E-state index contributed by atoms with van der Waals surface area (Å²) in [7, 11) is 0. The summed E-state index contributed by atoms with van der Waals surface area (Å²) >= 11 is 1.80. The molecule has 1 unspecified atom stereocenters. The Morgan fingerprint density at radius 2 is 1.89 bits per heavy atom. The van der Waals surface area contributed by atoms with Crippen molar-refractivity contribution in [2.75, 3.05) is 5.75 Å². The van der Waals surface area contributed by atoms with Crippen molar-refractivity contribution in [1.29, 1.82) is 0 Å². The minimum absolute atomic E-state index is 0.137. The summed E-state index contributed by atoms with van der Waals surface area (Å²) < 4.78 is 0. The van der Waals surface area contributed by atoms with Gasteiger partial charge >= 0.3 is 0 Å². The minimum Gasteiger partial charge on any atom is -0.392 e. The lowest BCUT2D eigenvalue weighted by Gasteiger charge is -2.29. The van der Waals surface area contributed by atoms with E-state index in [4.69, 9.17) is 0 Å². The monoisotopic (exact) mass is 264 g/mol. The van der Waals surface area contributed by atoms with E-state index in [1.54, 1.807) is 11.8 Å². The Hall–Kier alpha value is -0.470. The maximum Gasteiger partial charge on any atom is 0.0662 e. The van der Waals surface area contributed by atoms with Crippen LogP contribution in [0.2, 0.25) is 0 Å². The van der Waals surface area contributed by atoms with Crippen molar-refractivity contribution in [3.63, 3.8) is 0 Å². The van der Waals surface area contributed by atoms with Crippen LogP contribution in [0.4, 0.5) is 0 Å². The van der Waals surface area contributed by atoms with Crippen LogP contribution in [0.25, 0.3) is 0 Å². The predicted molar refractivity (Wildman–Crippen MR) is 79.0 cm³/mol. The first kappa shape index (κ1) is 14.0. The van der Waals surface area contributed by atoms with Crippen molar-refractivity contribution >= 4 is 11.8 Å². The van der Waals surface area contributed by atoms with Crippen LogP contribution in [0.1, 0.15) is 38.2 Å². The summed E-state index contributed by atoms with van der Waals surface area (Å²) in [5.41, 5.74) is 1.31. The van der Waals surface area contributed by atoms with E-state index in [2.05, 4.69) is 38.1 Å². The molecule has 1 atom stereocenters. The van der Waals surface area contributed by atoms with Gasteiger partial charge in [-0.2, -0.15) is 0 Å². The molecular formula is C16H24OS. The van der Waals surface area contributed by atoms with Gasteiger partial charge in [0.1, 0.15) is 0 Å². The highest BCUT2D eigenvalue weighted by molar-refractivity contribution is 7.99. The fourth-order valence-electron chi connectivity index (χ4n) is 2.70. The number of aliphatic hydroxyl groups is 1. The molecule has 2 heteroatoms. The van der Waals surface area contributed by atoms with Gasteiger partial charge in [0.25, 0.3) is 0 Å². The summed E-state index contributed by atoms with van der Waals surface area (Å²) in [5.74, 6) is 2.22. The molecule has 1 aromatic rings. The molecule has 0 heterocycles. The normalized spacial score (nSPS) is 25.9. The molecule has 1 aromatic carbocycles. The Balaban J connectivity index is 1.81. The van der Waals surface area contributed by atoms with Gasteiger partial charge in [0.05, 0.1) is 6.10 Å². The molecule has 100 valence electrons. The van der Waals surface area contributed by atoms with E-state index >= 15 is 0 Å². The Morgan fingerprint density at radius 1 is 1.22 bits per heavy atom. The zero-order valence-corrected chi connectivity index (χ0v) is 12.2. The van der Waals surface area contributed by atoms with Crippen LogP contribution < -0.4 is 0 Å². The van der Waals surface area contributed by atoms with E-state index in [0.29, 0.717) is 5.92 Å². The fraction of sp³-hybridized carbons (Fsp3) is 0.625. The Kier molecular flexibility index (Phi) is 5.13. The third kappa shape index (κ3) is 3.76. The number of hydrogen-bond acceptors (Lipinski definition) is 2. The molecular weight excluding hydrogens is 240 g/mol. The van der Waals surface area contributed by atoms with Gasteiger partial charge in [0, 0.05) is 10.6 Å². The second-order valence-electron chi connectivity index (χ2n) is 5.66. The first-order valence-corrected chi connectivity index (χ1v) is 8.02. The molecule has 1 saturated carbocycles. The minimum atomic E-state index is -0.137. The van der Waals surface area contributed by atoms with Crippen LogP contribution in [-0.2, 0) is 0 Å². The maximum absolute atomic E-state index is 10.3. The van der Waals surface area contributed by atoms with Gasteiger partial charge in [0.2, 0.25) is 0 Å². The molecule has 18 heavy (non-hydrogen) atoms. The van der Waals surface area contributed by atoms with Gasteiger partial charge in [-0.1, -0.05) is 38.0 Å². The third-order valence-corrected chi connectivity index (χ3v) is 5.39. The molecule has 1 aliphatic rings. The number of aliphatic hydroxyl groups excluding tert-OH is 1. The zero-order chi connectivity index (χ0) is 13.0. The summed E-state index contributed by atoms with van der Waals surface area (Å²) in [5, 5.41) is 10.3. The topological polar surface area (TPSA) is 20.2 Å². The lowest BCUT2D eigenvalue weighted by Crippen LogP contribution is -2.26. The molecule has 0 spiro atoms. The van der Waals surface area contributed by atoms with Crippen molar-refractivity contribution in [3.05, 3.63) is 29.8 Å². The Morgan fingerprint density at radius 3 is 2.56 bits per heavy atom. The molecule has 0 aromatic heterocycles. The van der Waals surface area contributed by atoms with Crippen molar-refractivity contribution in [1.82, 2.24) is 0 Å². The molecule has 0 amide bonds. The first-order valence-electron chi connectivity index (χ1n) is 7.03. The fourth-order valence-corrected chi connectivity index (χ4v) is 3.79. The van der Waals surface area contributed by atoms with Gasteiger partial charge in [-0.3, -0.25) is 0 Å². The molecule has 1 aliphatic carbocycles. The van der Waals surface area contributed by atoms with Crippen LogP contribution in [0.3, 0.4) is 0 Å². The van der Waals surface area contributed by atoms with Crippen molar-refractivity contribution < 1.29 is 5.11 Å². The first-order chi connectivity index (χ1) is 8.66. The SMILES string of the molecule is Cc1ccccc1SCC(O)C1CCC(C)CC1. The highest BCUT2D eigenvalue weighted by atomic mass is 32.2. The molecule has 0 aliphatic heterocycles. The molecule has 0 bridgehead atoms. The quantitative estimate of drug-likeness (QED) is 0.819. The number of aryl methyl sites for hydroxylation is 1. The number of rotatable bonds is 4. The van der Waals surface area contributed by atoms with E-state index in [-0.39, 0.29) is 6.10 Å². The van der Waals surface area contributed by atoms with Gasteiger partial charge in [-0.25, -0.2) is 0 Å². The van der Waals surface area contributed by atoms with E-state index in [0.717, 1.165) is 11.7 Å². The number of hydrogen-bond donors (Lipinski definition) is 1. The van der Waals surface area contributed by atoms with Crippen LogP contribution in [0, 0.1) is 18.8 Å². The van der Waals surface area contributed by atoms with Crippen LogP contribution in [-0.4, -0.2) is 17.0 Å². The Labute approximate surface area is 115 Å². The molecule has 2 rings (SSSR count). The molecule has 1 nitrogen and oxygen atoms in total. The molecule has 0 saturated heterocycles. The molecule has 0 radical (unpaired) electrons. The predicted octanol–water partition coefficient (Wildman–Crippen LogP) is 4.27. The largest absolute Gasteiger partial charge is 0.392 e. The van der Waals surface area contributed by atoms with Crippen LogP contribution >= 0.6 is 11.8 Å². The average molecular weight is 264 g/mol. The second kappa shape index (κ2) is 6.63. The standard InChI is InChI=1S/C16H24OS/c1-12-7-9-14(10-8-12)15(17)11-18-16-6-4-3-5-13(16)2/h3-6,12,14-15,17H,7-11H2,1-2H3. The van der Waals surface area contributed by atoms with Crippen molar-refractivity contribution in [3.8, 4) is 0 Å². The zero-order valence-electron chi connectivity index (χ0n) is 11.4. The van der Waals surface area contributed by atoms with Gasteiger partial charge < -0.3 is 5.11 Å². The van der Waals surface area contributed by atoms with E-state index in [9.17, 15) is 5.11 Å². The Bertz CT molecular complexity index is 369. The van der Waals surface area contributed by atoms with Gasteiger partial charge in [-0.15, -0.1) is 11.8 Å². The molecule has 1 N–H and O–H groups in total. The van der Waals surface area contributed by atoms with Crippen LogP contribution in [0.15, 0.2) is 29.2 Å². The highest BCUT2D eigenvalue weighted by Gasteiger charge is 2.24. The smallest absolute Gasteiger partial charge is 0.0662 e. The van der Waals surface area contributed by atoms with Crippen molar-refractivity contribution in [2.24, 2.45) is 11.8 Å². The summed E-state index contributed by atoms with van der Waals surface area (Å²) in [4.78, 5) is 1.31. The average Bonchev–Trinajstić information content (AvgIpc) is 2.38. The number of thioether (sulfide) groups is 1. The second-order valence-corrected chi connectivity index (χ2v) is 6.73. The lowest BCUT2D eigenvalue weighted by molar-refractivity contribution is 0.0946. The van der Waals surface area contributed by atoms with E-state index < -0.39 is 0 Å². The third-order valence-electron chi connectivity index (χ3n) is 4.11. The maximum atomic E-state index is 10.3. The van der Waals surface area contributed by atoms with Crippen molar-refractivity contribution in [2.45, 2.75) is 50.5 Å².